The van der Waals surface area contributed by atoms with Crippen LogP contribution in [0.1, 0.15) is 25.7 Å². The van der Waals surface area contributed by atoms with Gasteiger partial charge in [-0.2, -0.15) is 0 Å². The maximum atomic E-state index is 6.28. The quantitative estimate of drug-likeness (QED) is 0.526. The number of hydrogen-bond acceptors (Lipinski definition) is 2. The van der Waals surface area contributed by atoms with Gasteiger partial charge in [0, 0.05) is 0 Å². The van der Waals surface area contributed by atoms with E-state index in [0.29, 0.717) is 0 Å². The van der Waals surface area contributed by atoms with E-state index in [2.05, 4.69) is 32.7 Å². The van der Waals surface area contributed by atoms with Gasteiger partial charge in [-0.1, -0.05) is 19.3 Å². The van der Waals surface area contributed by atoms with E-state index >= 15 is 0 Å². The largest absolute Gasteiger partial charge is 0.456 e. The lowest BCUT2D eigenvalue weighted by atomic mass is 10.2. The average molecular weight is 248 g/mol. The normalized spacial score (nSPS) is 13.2. The Bertz CT molecular complexity index is 166. The third kappa shape index (κ3) is 10.6. The second-order valence-electron chi connectivity index (χ2n) is 5.93. The first-order valence-corrected chi connectivity index (χ1v) is 12.7. The molecule has 0 aliphatic rings. The summed E-state index contributed by atoms with van der Waals surface area (Å²) < 4.78 is 6.28. The SMILES string of the molecule is C[Si](C)(C)O[Si](C)(C)CCCCCCN. The van der Waals surface area contributed by atoms with Gasteiger partial charge in [0.15, 0.2) is 16.6 Å². The average Bonchev–Trinajstić information content (AvgIpc) is 1.99. The Morgan fingerprint density at radius 1 is 0.867 bits per heavy atom. The smallest absolute Gasteiger partial charge is 0.173 e. The van der Waals surface area contributed by atoms with Crippen molar-refractivity contribution in [2.45, 2.75) is 64.5 Å². The molecule has 0 fully saturated rings. The van der Waals surface area contributed by atoms with Gasteiger partial charge in [-0.25, -0.2) is 0 Å². The first kappa shape index (κ1) is 15.4. The molecule has 0 aromatic heterocycles. The van der Waals surface area contributed by atoms with Crippen molar-refractivity contribution in [3.8, 4) is 0 Å². The van der Waals surface area contributed by atoms with E-state index in [1.54, 1.807) is 0 Å². The van der Waals surface area contributed by atoms with Crippen LogP contribution in [0.4, 0.5) is 0 Å². The van der Waals surface area contributed by atoms with Crippen molar-refractivity contribution in [3.63, 3.8) is 0 Å². The van der Waals surface area contributed by atoms with E-state index in [9.17, 15) is 0 Å². The lowest BCUT2D eigenvalue weighted by Crippen LogP contribution is -2.42. The standard InChI is InChI=1S/C11H29NOSi2/c1-14(2,3)13-15(4,5)11-9-7-6-8-10-12/h6-12H2,1-5H3. The molecule has 0 rings (SSSR count). The molecule has 0 bridgehead atoms. The van der Waals surface area contributed by atoms with Crippen LogP contribution in [0.3, 0.4) is 0 Å². The zero-order valence-electron chi connectivity index (χ0n) is 11.2. The summed E-state index contributed by atoms with van der Waals surface area (Å²) in [6.45, 7) is 12.4. The topological polar surface area (TPSA) is 35.2 Å². The second-order valence-corrected chi connectivity index (χ2v) is 15.0. The molecule has 0 atom stereocenters. The summed E-state index contributed by atoms with van der Waals surface area (Å²) in [6, 6.07) is 1.31. The van der Waals surface area contributed by atoms with E-state index in [1.807, 2.05) is 0 Å². The van der Waals surface area contributed by atoms with Gasteiger partial charge in [0.2, 0.25) is 0 Å². The predicted octanol–water partition coefficient (Wildman–Crippen LogP) is 3.56. The highest BCUT2D eigenvalue weighted by Crippen LogP contribution is 2.21. The van der Waals surface area contributed by atoms with E-state index in [-0.39, 0.29) is 0 Å². The molecular formula is C11H29NOSi2. The van der Waals surface area contributed by atoms with Crippen LogP contribution in [0.15, 0.2) is 0 Å². The first-order valence-electron chi connectivity index (χ1n) is 6.17. The van der Waals surface area contributed by atoms with Gasteiger partial charge in [0.1, 0.15) is 0 Å². The molecule has 15 heavy (non-hydrogen) atoms. The third-order valence-electron chi connectivity index (χ3n) is 2.32. The second kappa shape index (κ2) is 6.83. The molecule has 4 heteroatoms. The monoisotopic (exact) mass is 247 g/mol. The minimum Gasteiger partial charge on any atom is -0.456 e. The highest BCUT2D eigenvalue weighted by molar-refractivity contribution is 6.84. The number of nitrogens with two attached hydrogens (primary N) is 1. The zero-order chi connectivity index (χ0) is 11.9. The van der Waals surface area contributed by atoms with E-state index in [4.69, 9.17) is 9.85 Å². The minimum absolute atomic E-state index is 0.840. The van der Waals surface area contributed by atoms with Gasteiger partial charge < -0.3 is 9.85 Å². The van der Waals surface area contributed by atoms with Crippen molar-refractivity contribution in [1.82, 2.24) is 0 Å². The molecule has 0 aromatic carbocycles. The maximum Gasteiger partial charge on any atom is 0.173 e. The summed E-state index contributed by atoms with van der Waals surface area (Å²) >= 11 is 0. The van der Waals surface area contributed by atoms with Crippen molar-refractivity contribution in [3.05, 3.63) is 0 Å². The molecule has 0 spiro atoms. The number of rotatable bonds is 8. The molecule has 0 saturated carbocycles. The zero-order valence-corrected chi connectivity index (χ0v) is 13.2. The maximum absolute atomic E-state index is 6.28. The molecule has 0 aliphatic carbocycles. The Labute approximate surface area is 97.9 Å². The van der Waals surface area contributed by atoms with Gasteiger partial charge in [-0.15, -0.1) is 0 Å². The van der Waals surface area contributed by atoms with Crippen molar-refractivity contribution >= 4 is 16.6 Å². The van der Waals surface area contributed by atoms with E-state index in [0.717, 1.165) is 6.54 Å². The highest BCUT2D eigenvalue weighted by Gasteiger charge is 2.28. The molecule has 2 nitrogen and oxygen atoms in total. The Kier molecular flexibility index (Phi) is 6.99. The van der Waals surface area contributed by atoms with Crippen LogP contribution in [0.5, 0.6) is 0 Å². The summed E-state index contributed by atoms with van der Waals surface area (Å²) in [5.41, 5.74) is 5.47. The summed E-state index contributed by atoms with van der Waals surface area (Å²) in [6.07, 6.45) is 5.11. The Hall–Kier alpha value is 0.354. The fraction of sp³-hybridized carbons (Fsp3) is 1.00. The number of unbranched alkanes of at least 4 members (excludes halogenated alkanes) is 3. The summed E-state index contributed by atoms with van der Waals surface area (Å²) in [5.74, 6) is 0. The van der Waals surface area contributed by atoms with Crippen LogP contribution in [0.2, 0.25) is 38.8 Å². The fourth-order valence-corrected chi connectivity index (χ4v) is 10.1. The molecule has 0 heterocycles. The van der Waals surface area contributed by atoms with Gasteiger partial charge >= 0.3 is 0 Å². The highest BCUT2D eigenvalue weighted by atomic mass is 28.4. The van der Waals surface area contributed by atoms with Gasteiger partial charge in [-0.05, 0) is 51.7 Å². The molecule has 0 aliphatic heterocycles. The number of hydrogen-bond donors (Lipinski definition) is 1. The Morgan fingerprint density at radius 2 is 1.40 bits per heavy atom. The van der Waals surface area contributed by atoms with Crippen LogP contribution in [0, 0.1) is 0 Å². The van der Waals surface area contributed by atoms with Gasteiger partial charge in [0.25, 0.3) is 0 Å². The van der Waals surface area contributed by atoms with E-state index < -0.39 is 16.6 Å². The first-order chi connectivity index (χ1) is 6.77. The van der Waals surface area contributed by atoms with Crippen LogP contribution >= 0.6 is 0 Å². The molecular weight excluding hydrogens is 218 g/mol. The van der Waals surface area contributed by atoms with Gasteiger partial charge in [-0.3, -0.25) is 0 Å². The molecule has 0 saturated heterocycles. The molecule has 2 N–H and O–H groups in total. The molecule has 0 radical (unpaired) electrons. The van der Waals surface area contributed by atoms with Crippen molar-refractivity contribution < 1.29 is 4.12 Å². The van der Waals surface area contributed by atoms with Crippen molar-refractivity contribution in [2.75, 3.05) is 6.54 Å². The van der Waals surface area contributed by atoms with Gasteiger partial charge in [0.05, 0.1) is 0 Å². The van der Waals surface area contributed by atoms with Crippen LogP contribution in [-0.2, 0) is 4.12 Å². The predicted molar refractivity (Wildman–Crippen MR) is 74.2 cm³/mol. The summed E-state index contributed by atoms with van der Waals surface area (Å²) in [4.78, 5) is 0. The fourth-order valence-electron chi connectivity index (χ4n) is 1.93. The lowest BCUT2D eigenvalue weighted by Gasteiger charge is -2.31. The van der Waals surface area contributed by atoms with Crippen LogP contribution in [-0.4, -0.2) is 23.2 Å². The van der Waals surface area contributed by atoms with Crippen LogP contribution < -0.4 is 5.73 Å². The molecule has 0 aromatic rings. The summed E-state index contributed by atoms with van der Waals surface area (Å²) in [5, 5.41) is 0. The Morgan fingerprint density at radius 3 is 1.87 bits per heavy atom. The molecule has 0 amide bonds. The third-order valence-corrected chi connectivity index (χ3v) is 8.53. The van der Waals surface area contributed by atoms with E-state index in [1.165, 1.54) is 31.7 Å². The summed E-state index contributed by atoms with van der Waals surface area (Å²) in [7, 11) is -2.69. The van der Waals surface area contributed by atoms with Crippen molar-refractivity contribution in [1.29, 1.82) is 0 Å². The lowest BCUT2D eigenvalue weighted by molar-refractivity contribution is 0.538. The van der Waals surface area contributed by atoms with Crippen molar-refractivity contribution in [2.24, 2.45) is 5.73 Å². The Balaban J connectivity index is 3.65. The minimum atomic E-state index is -1.37. The molecule has 92 valence electrons. The van der Waals surface area contributed by atoms with Crippen LogP contribution in [0.25, 0.3) is 0 Å². The molecule has 0 unspecified atom stereocenters.